The average Bonchev–Trinajstić information content (AvgIpc) is 3.17. The molecule has 0 unspecified atom stereocenters. The second kappa shape index (κ2) is 4.88. The summed E-state index contributed by atoms with van der Waals surface area (Å²) >= 11 is 0. The van der Waals surface area contributed by atoms with Gasteiger partial charge in [0.2, 0.25) is 0 Å². The molecule has 4 heteroatoms. The molecular formula is C14H20N2O2. The molecule has 1 fully saturated rings. The number of hydrogen-bond acceptors (Lipinski definition) is 4. The fraction of sp³-hybridized carbons (Fsp3) is 0.500. The maximum atomic E-state index is 11.7. The Kier molecular flexibility index (Phi) is 3.45. The van der Waals surface area contributed by atoms with Gasteiger partial charge in [0.1, 0.15) is 0 Å². The quantitative estimate of drug-likeness (QED) is 0.621. The lowest BCUT2D eigenvalue weighted by atomic mass is 10.0. The Hall–Kier alpha value is -1.71. The fourth-order valence-electron chi connectivity index (χ4n) is 2.11. The van der Waals surface area contributed by atoms with E-state index < -0.39 is 0 Å². The van der Waals surface area contributed by atoms with Crippen LogP contribution in [-0.2, 0) is 4.74 Å². The van der Waals surface area contributed by atoms with E-state index in [0.717, 1.165) is 12.2 Å². The lowest BCUT2D eigenvalue weighted by Gasteiger charge is -2.16. The third-order valence-corrected chi connectivity index (χ3v) is 3.81. The molecule has 0 spiro atoms. The molecule has 0 amide bonds. The summed E-state index contributed by atoms with van der Waals surface area (Å²) in [5.41, 5.74) is 8.00. The molecule has 98 valence electrons. The number of benzene rings is 1. The summed E-state index contributed by atoms with van der Waals surface area (Å²) in [5.74, 6) is -0.355. The van der Waals surface area contributed by atoms with E-state index in [1.165, 1.54) is 26.4 Å². The first kappa shape index (κ1) is 12.7. The molecule has 0 aliphatic heterocycles. The highest BCUT2D eigenvalue weighted by Crippen LogP contribution is 2.48. The van der Waals surface area contributed by atoms with E-state index in [-0.39, 0.29) is 5.97 Å². The average molecular weight is 248 g/mol. The summed E-state index contributed by atoms with van der Waals surface area (Å²) in [6.45, 7) is 3.11. The monoisotopic (exact) mass is 248 g/mol. The van der Waals surface area contributed by atoms with Gasteiger partial charge < -0.3 is 15.8 Å². The zero-order valence-electron chi connectivity index (χ0n) is 11.0. The van der Waals surface area contributed by atoms with E-state index in [2.05, 4.69) is 12.2 Å². The van der Waals surface area contributed by atoms with Crippen LogP contribution in [0, 0.1) is 5.41 Å². The Morgan fingerprint density at radius 3 is 2.78 bits per heavy atom. The van der Waals surface area contributed by atoms with Gasteiger partial charge in [-0.25, -0.2) is 4.79 Å². The first-order valence-corrected chi connectivity index (χ1v) is 6.32. The molecule has 0 bridgehead atoms. The zero-order valence-corrected chi connectivity index (χ0v) is 11.0. The predicted molar refractivity (Wildman–Crippen MR) is 72.6 cm³/mol. The number of esters is 1. The molecular weight excluding hydrogens is 228 g/mol. The molecule has 0 atom stereocenters. The zero-order chi connectivity index (χ0) is 13.2. The molecule has 1 aliphatic carbocycles. The van der Waals surface area contributed by atoms with E-state index in [0.29, 0.717) is 16.7 Å². The summed E-state index contributed by atoms with van der Waals surface area (Å²) in [4.78, 5) is 11.7. The van der Waals surface area contributed by atoms with Gasteiger partial charge in [0, 0.05) is 17.9 Å². The number of rotatable bonds is 5. The number of nitrogen functional groups attached to an aromatic ring is 1. The summed E-state index contributed by atoms with van der Waals surface area (Å²) in [6, 6.07) is 5.29. The van der Waals surface area contributed by atoms with Crippen molar-refractivity contribution in [2.75, 3.05) is 24.7 Å². The van der Waals surface area contributed by atoms with Gasteiger partial charge in [-0.2, -0.15) is 0 Å². The third-order valence-electron chi connectivity index (χ3n) is 3.81. The van der Waals surface area contributed by atoms with Gasteiger partial charge in [-0.15, -0.1) is 0 Å². The molecule has 0 aromatic heterocycles. The minimum Gasteiger partial charge on any atom is -0.465 e. The minimum absolute atomic E-state index is 0.355. The fourth-order valence-corrected chi connectivity index (χ4v) is 2.11. The van der Waals surface area contributed by atoms with Crippen molar-refractivity contribution < 1.29 is 9.53 Å². The van der Waals surface area contributed by atoms with Crippen LogP contribution in [0.1, 0.15) is 36.5 Å². The molecule has 1 aromatic carbocycles. The molecule has 0 radical (unpaired) electrons. The largest absolute Gasteiger partial charge is 0.465 e. The normalized spacial score (nSPS) is 16.1. The highest BCUT2D eigenvalue weighted by atomic mass is 16.5. The number of nitrogens with two attached hydrogens (primary N) is 1. The molecule has 0 saturated heterocycles. The SMILES string of the molecule is CCC1(CNc2ccc(N)cc2C(=O)OC)CC1. The Balaban J connectivity index is 2.14. The van der Waals surface area contributed by atoms with Gasteiger partial charge >= 0.3 is 5.97 Å². The Bertz CT molecular complexity index is 453. The molecule has 2 rings (SSSR count). The molecule has 1 saturated carbocycles. The highest BCUT2D eigenvalue weighted by molar-refractivity contribution is 5.96. The molecule has 3 N–H and O–H groups in total. The van der Waals surface area contributed by atoms with E-state index in [1.807, 2.05) is 6.07 Å². The number of carbonyl (C=O) groups is 1. The summed E-state index contributed by atoms with van der Waals surface area (Å²) in [5, 5.41) is 3.35. The van der Waals surface area contributed by atoms with Crippen molar-refractivity contribution in [3.63, 3.8) is 0 Å². The first-order chi connectivity index (χ1) is 8.60. The standard InChI is InChI=1S/C14H20N2O2/c1-3-14(6-7-14)9-16-12-5-4-10(15)8-11(12)13(17)18-2/h4-5,8,16H,3,6-7,9,15H2,1-2H3. The van der Waals surface area contributed by atoms with Crippen molar-refractivity contribution in [1.29, 1.82) is 0 Å². The van der Waals surface area contributed by atoms with Crippen molar-refractivity contribution in [3.8, 4) is 0 Å². The van der Waals surface area contributed by atoms with Gasteiger partial charge in [0.15, 0.2) is 0 Å². The van der Waals surface area contributed by atoms with Crippen LogP contribution in [0.25, 0.3) is 0 Å². The topological polar surface area (TPSA) is 64.3 Å². The van der Waals surface area contributed by atoms with Crippen LogP contribution in [0.3, 0.4) is 0 Å². The van der Waals surface area contributed by atoms with E-state index in [1.54, 1.807) is 12.1 Å². The summed E-state index contributed by atoms with van der Waals surface area (Å²) in [6.07, 6.45) is 3.70. The number of anilines is 2. The molecule has 0 heterocycles. The summed E-state index contributed by atoms with van der Waals surface area (Å²) < 4.78 is 4.77. The maximum Gasteiger partial charge on any atom is 0.340 e. The van der Waals surface area contributed by atoms with E-state index >= 15 is 0 Å². The number of hydrogen-bond donors (Lipinski definition) is 2. The molecule has 1 aliphatic rings. The van der Waals surface area contributed by atoms with Crippen molar-refractivity contribution in [3.05, 3.63) is 23.8 Å². The minimum atomic E-state index is -0.355. The number of methoxy groups -OCH3 is 1. The van der Waals surface area contributed by atoms with Crippen LogP contribution >= 0.6 is 0 Å². The summed E-state index contributed by atoms with van der Waals surface area (Å²) in [7, 11) is 1.38. The lowest BCUT2D eigenvalue weighted by molar-refractivity contribution is 0.0602. The number of nitrogens with one attached hydrogen (secondary N) is 1. The van der Waals surface area contributed by atoms with E-state index in [9.17, 15) is 4.79 Å². The second-order valence-electron chi connectivity index (χ2n) is 5.00. The third kappa shape index (κ3) is 2.58. The van der Waals surface area contributed by atoms with Gasteiger partial charge in [-0.3, -0.25) is 0 Å². The predicted octanol–water partition coefficient (Wildman–Crippen LogP) is 2.66. The van der Waals surface area contributed by atoms with Crippen molar-refractivity contribution in [2.45, 2.75) is 26.2 Å². The number of carbonyl (C=O) groups excluding carboxylic acids is 1. The Morgan fingerprint density at radius 1 is 1.50 bits per heavy atom. The highest BCUT2D eigenvalue weighted by Gasteiger charge is 2.40. The molecule has 4 nitrogen and oxygen atoms in total. The maximum absolute atomic E-state index is 11.7. The number of ether oxygens (including phenoxy) is 1. The van der Waals surface area contributed by atoms with Gasteiger partial charge in [0.05, 0.1) is 12.7 Å². The van der Waals surface area contributed by atoms with Crippen LogP contribution in [0.15, 0.2) is 18.2 Å². The van der Waals surface area contributed by atoms with Crippen molar-refractivity contribution in [1.82, 2.24) is 0 Å². The van der Waals surface area contributed by atoms with Crippen LogP contribution in [-0.4, -0.2) is 19.6 Å². The van der Waals surface area contributed by atoms with Gasteiger partial charge in [-0.05, 0) is 42.9 Å². The van der Waals surface area contributed by atoms with Gasteiger partial charge in [-0.1, -0.05) is 6.92 Å². The van der Waals surface area contributed by atoms with Crippen LogP contribution in [0.2, 0.25) is 0 Å². The van der Waals surface area contributed by atoms with Gasteiger partial charge in [0.25, 0.3) is 0 Å². The van der Waals surface area contributed by atoms with E-state index in [4.69, 9.17) is 10.5 Å². The van der Waals surface area contributed by atoms with Crippen molar-refractivity contribution in [2.24, 2.45) is 5.41 Å². The smallest absolute Gasteiger partial charge is 0.340 e. The van der Waals surface area contributed by atoms with Crippen molar-refractivity contribution >= 4 is 17.3 Å². The lowest BCUT2D eigenvalue weighted by Crippen LogP contribution is -2.17. The second-order valence-corrected chi connectivity index (χ2v) is 5.00. The molecule has 18 heavy (non-hydrogen) atoms. The van der Waals surface area contributed by atoms with Crippen LogP contribution in [0.5, 0.6) is 0 Å². The van der Waals surface area contributed by atoms with Crippen LogP contribution in [0.4, 0.5) is 11.4 Å². The van der Waals surface area contributed by atoms with Crippen LogP contribution < -0.4 is 11.1 Å². The first-order valence-electron chi connectivity index (χ1n) is 6.32. The Labute approximate surface area is 108 Å². The molecule has 1 aromatic rings. The Morgan fingerprint density at radius 2 is 2.22 bits per heavy atom.